The third kappa shape index (κ3) is 4.32. The Hall–Kier alpha value is -2.51. The summed E-state index contributed by atoms with van der Waals surface area (Å²) < 4.78 is 13.3. The number of Topliss-reactive ketones (excluding diaryl/α,β-unsaturated/α-hetero) is 1. The first-order chi connectivity index (χ1) is 12.0. The standard InChI is InChI=1S/C21H21FN2O/c1-14-2-3-17(12-23)8-18(14)11-19(25)9-15-4-6-16(7-5-15)10-21-20(22)13-24-21/h2-8,20-21,24H,9-11,13H2,1H3/t20-,21-/m1/s1. The summed E-state index contributed by atoms with van der Waals surface area (Å²) in [6, 6.07) is 15.3. The zero-order chi connectivity index (χ0) is 17.8. The van der Waals surface area contributed by atoms with Crippen LogP contribution in [0.25, 0.3) is 0 Å². The lowest BCUT2D eigenvalue weighted by Gasteiger charge is -2.32. The third-order valence-corrected chi connectivity index (χ3v) is 4.76. The van der Waals surface area contributed by atoms with Crippen molar-refractivity contribution < 1.29 is 9.18 Å². The average molecular weight is 336 g/mol. The van der Waals surface area contributed by atoms with Crippen LogP contribution in [-0.4, -0.2) is 24.5 Å². The van der Waals surface area contributed by atoms with Gasteiger partial charge >= 0.3 is 0 Å². The van der Waals surface area contributed by atoms with Crippen LogP contribution in [0.5, 0.6) is 0 Å². The Bertz CT molecular complexity index is 808. The van der Waals surface area contributed by atoms with E-state index in [1.807, 2.05) is 37.3 Å². The maximum atomic E-state index is 13.3. The quantitative estimate of drug-likeness (QED) is 0.882. The van der Waals surface area contributed by atoms with Crippen LogP contribution in [-0.2, 0) is 24.1 Å². The second-order valence-electron chi connectivity index (χ2n) is 6.70. The molecule has 0 radical (unpaired) electrons. The number of alkyl halides is 1. The Kier molecular flexibility index (Phi) is 5.25. The number of carbonyl (C=O) groups excluding carboxylic acids is 1. The number of carbonyl (C=O) groups is 1. The van der Waals surface area contributed by atoms with Gasteiger partial charge in [-0.05, 0) is 47.7 Å². The number of nitrogens with zero attached hydrogens (tertiary/aromatic N) is 1. The molecule has 0 aromatic heterocycles. The molecule has 1 fully saturated rings. The number of benzene rings is 2. The van der Waals surface area contributed by atoms with E-state index in [1.165, 1.54) is 0 Å². The summed E-state index contributed by atoms with van der Waals surface area (Å²) in [5, 5.41) is 12.1. The highest BCUT2D eigenvalue weighted by Crippen LogP contribution is 2.17. The van der Waals surface area contributed by atoms with Crippen molar-refractivity contribution in [2.45, 2.75) is 38.4 Å². The zero-order valence-electron chi connectivity index (χ0n) is 14.3. The van der Waals surface area contributed by atoms with Crippen molar-refractivity contribution >= 4 is 5.78 Å². The Morgan fingerprint density at radius 3 is 2.52 bits per heavy atom. The molecule has 0 spiro atoms. The summed E-state index contributed by atoms with van der Waals surface area (Å²) in [5.74, 6) is 0.121. The van der Waals surface area contributed by atoms with Gasteiger partial charge in [-0.2, -0.15) is 5.26 Å². The first kappa shape index (κ1) is 17.3. The van der Waals surface area contributed by atoms with E-state index in [0.717, 1.165) is 22.3 Å². The molecule has 1 heterocycles. The number of halogens is 1. The Labute approximate surface area is 147 Å². The second kappa shape index (κ2) is 7.58. The van der Waals surface area contributed by atoms with E-state index in [1.54, 1.807) is 12.1 Å². The van der Waals surface area contributed by atoms with Crippen LogP contribution in [0.4, 0.5) is 4.39 Å². The van der Waals surface area contributed by atoms with Crippen molar-refractivity contribution in [3.8, 4) is 6.07 Å². The normalized spacial score (nSPS) is 19.1. The van der Waals surface area contributed by atoms with Gasteiger partial charge in [-0.15, -0.1) is 0 Å². The molecule has 0 unspecified atom stereocenters. The molecule has 2 atom stereocenters. The largest absolute Gasteiger partial charge is 0.308 e. The Balaban J connectivity index is 1.58. The van der Waals surface area contributed by atoms with E-state index in [4.69, 9.17) is 5.26 Å². The molecule has 0 amide bonds. The lowest BCUT2D eigenvalue weighted by Crippen LogP contribution is -2.55. The molecular formula is C21H21FN2O. The Morgan fingerprint density at radius 2 is 1.92 bits per heavy atom. The Morgan fingerprint density at radius 1 is 1.20 bits per heavy atom. The van der Waals surface area contributed by atoms with Crippen molar-refractivity contribution in [1.82, 2.24) is 5.32 Å². The summed E-state index contributed by atoms with van der Waals surface area (Å²) in [4.78, 5) is 12.4. The molecule has 2 aromatic rings. The van der Waals surface area contributed by atoms with Crippen molar-refractivity contribution in [2.75, 3.05) is 6.54 Å². The van der Waals surface area contributed by atoms with Crippen LogP contribution in [0.2, 0.25) is 0 Å². The first-order valence-corrected chi connectivity index (χ1v) is 8.52. The molecule has 25 heavy (non-hydrogen) atoms. The summed E-state index contributed by atoms with van der Waals surface area (Å²) in [6.07, 6.45) is 0.617. The second-order valence-corrected chi connectivity index (χ2v) is 6.70. The van der Waals surface area contributed by atoms with Gasteiger partial charge in [0.1, 0.15) is 12.0 Å². The summed E-state index contributed by atoms with van der Waals surface area (Å²) in [7, 11) is 0. The van der Waals surface area contributed by atoms with Crippen molar-refractivity contribution in [2.24, 2.45) is 0 Å². The van der Waals surface area contributed by atoms with E-state index in [2.05, 4.69) is 11.4 Å². The van der Waals surface area contributed by atoms with Crippen molar-refractivity contribution in [1.29, 1.82) is 5.26 Å². The molecule has 3 rings (SSSR count). The molecule has 1 saturated heterocycles. The molecule has 1 aliphatic heterocycles. The zero-order valence-corrected chi connectivity index (χ0v) is 14.3. The van der Waals surface area contributed by atoms with Gasteiger partial charge in [-0.1, -0.05) is 30.3 Å². The van der Waals surface area contributed by atoms with E-state index in [0.29, 0.717) is 31.4 Å². The lowest BCUT2D eigenvalue weighted by molar-refractivity contribution is -0.117. The summed E-state index contributed by atoms with van der Waals surface area (Å²) >= 11 is 0. The van der Waals surface area contributed by atoms with E-state index in [9.17, 15) is 9.18 Å². The van der Waals surface area contributed by atoms with Crippen molar-refractivity contribution in [3.63, 3.8) is 0 Å². The van der Waals surface area contributed by atoms with Crippen molar-refractivity contribution in [3.05, 3.63) is 70.3 Å². The molecule has 3 nitrogen and oxygen atoms in total. The fourth-order valence-electron chi connectivity index (χ4n) is 3.05. The molecular weight excluding hydrogens is 315 g/mol. The molecule has 128 valence electrons. The molecule has 1 aliphatic rings. The summed E-state index contributed by atoms with van der Waals surface area (Å²) in [6.45, 7) is 2.40. The number of aryl methyl sites for hydroxylation is 1. The fraction of sp³-hybridized carbons (Fsp3) is 0.333. The predicted octanol–water partition coefficient (Wildman–Crippen LogP) is 3.07. The molecule has 1 N–H and O–H groups in total. The molecule has 4 heteroatoms. The predicted molar refractivity (Wildman–Crippen MR) is 95.1 cm³/mol. The smallest absolute Gasteiger partial charge is 0.141 e. The third-order valence-electron chi connectivity index (χ3n) is 4.76. The molecule has 0 saturated carbocycles. The van der Waals surface area contributed by atoms with Gasteiger partial charge in [0.25, 0.3) is 0 Å². The van der Waals surface area contributed by atoms with E-state index < -0.39 is 6.17 Å². The van der Waals surface area contributed by atoms with Gasteiger partial charge < -0.3 is 5.32 Å². The average Bonchev–Trinajstić information content (AvgIpc) is 2.61. The van der Waals surface area contributed by atoms with Crippen LogP contribution < -0.4 is 5.32 Å². The van der Waals surface area contributed by atoms with E-state index >= 15 is 0 Å². The number of ketones is 1. The number of hydrogen-bond donors (Lipinski definition) is 1. The minimum Gasteiger partial charge on any atom is -0.308 e. The topological polar surface area (TPSA) is 52.9 Å². The SMILES string of the molecule is Cc1ccc(C#N)cc1CC(=O)Cc1ccc(C[C@H]2NC[C@H]2F)cc1. The summed E-state index contributed by atoms with van der Waals surface area (Å²) in [5.41, 5.74) is 4.55. The lowest BCUT2D eigenvalue weighted by atomic mass is 9.94. The van der Waals surface area contributed by atoms with Gasteiger partial charge in [0.05, 0.1) is 11.6 Å². The minimum atomic E-state index is -0.756. The highest BCUT2D eigenvalue weighted by Gasteiger charge is 2.29. The number of nitrogens with one attached hydrogen (secondary N) is 1. The highest BCUT2D eigenvalue weighted by molar-refractivity contribution is 5.83. The van der Waals surface area contributed by atoms with Crippen LogP contribution >= 0.6 is 0 Å². The van der Waals surface area contributed by atoms with Gasteiger partial charge in [0.15, 0.2) is 0 Å². The number of nitriles is 1. The number of hydrogen-bond acceptors (Lipinski definition) is 3. The number of rotatable bonds is 6. The van der Waals surface area contributed by atoms with Crippen LogP contribution in [0.1, 0.15) is 27.8 Å². The fourth-order valence-corrected chi connectivity index (χ4v) is 3.05. The maximum Gasteiger partial charge on any atom is 0.141 e. The van der Waals surface area contributed by atoms with Gasteiger partial charge in [-0.3, -0.25) is 4.79 Å². The molecule has 2 aromatic carbocycles. The van der Waals surface area contributed by atoms with Gasteiger partial charge in [-0.25, -0.2) is 4.39 Å². The first-order valence-electron chi connectivity index (χ1n) is 8.52. The van der Waals surface area contributed by atoms with Gasteiger partial charge in [0.2, 0.25) is 0 Å². The monoisotopic (exact) mass is 336 g/mol. The highest BCUT2D eigenvalue weighted by atomic mass is 19.1. The van der Waals surface area contributed by atoms with Crippen LogP contribution in [0, 0.1) is 18.3 Å². The minimum absolute atomic E-state index is 0.0807. The van der Waals surface area contributed by atoms with Gasteiger partial charge in [0, 0.05) is 25.4 Å². The van der Waals surface area contributed by atoms with E-state index in [-0.39, 0.29) is 11.8 Å². The van der Waals surface area contributed by atoms with Crippen LogP contribution in [0.3, 0.4) is 0 Å². The molecule has 0 bridgehead atoms. The maximum absolute atomic E-state index is 13.3. The van der Waals surface area contributed by atoms with Crippen LogP contribution in [0.15, 0.2) is 42.5 Å². The molecule has 0 aliphatic carbocycles.